The highest BCUT2D eigenvalue weighted by atomic mass is 32.2. The van der Waals surface area contributed by atoms with Gasteiger partial charge in [-0.25, -0.2) is 4.99 Å². The zero-order chi connectivity index (χ0) is 18.0. The van der Waals surface area contributed by atoms with Gasteiger partial charge in [-0.1, -0.05) is 23.9 Å². The van der Waals surface area contributed by atoms with Gasteiger partial charge in [0.05, 0.1) is 22.9 Å². The van der Waals surface area contributed by atoms with Crippen LogP contribution in [0.4, 0.5) is 18.9 Å². The molecule has 5 nitrogen and oxygen atoms in total. The Morgan fingerprint density at radius 2 is 2.04 bits per heavy atom. The molecule has 1 unspecified atom stereocenters. The summed E-state index contributed by atoms with van der Waals surface area (Å²) in [6.07, 6.45) is -2.19. The second kappa shape index (κ2) is 6.99. The Bertz CT molecular complexity index is 774. The van der Waals surface area contributed by atoms with Crippen LogP contribution in [0.1, 0.15) is 24.8 Å². The fraction of sp³-hybridized carbons (Fsp3) is 0.375. The number of nitrogens with one attached hydrogen (secondary N) is 1. The van der Waals surface area contributed by atoms with Gasteiger partial charge < -0.3 is 5.32 Å². The van der Waals surface area contributed by atoms with Crippen molar-refractivity contribution in [3.8, 4) is 0 Å². The zero-order valence-corrected chi connectivity index (χ0v) is 13.8. The van der Waals surface area contributed by atoms with Crippen LogP contribution in [0.15, 0.2) is 34.3 Å². The van der Waals surface area contributed by atoms with Crippen molar-refractivity contribution in [2.75, 3.05) is 11.1 Å². The maximum absolute atomic E-state index is 12.9. The van der Waals surface area contributed by atoms with Gasteiger partial charge in [0.1, 0.15) is 0 Å². The topological polar surface area (TPSA) is 70.9 Å². The second-order valence-corrected chi connectivity index (χ2v) is 6.60. The van der Waals surface area contributed by atoms with Crippen molar-refractivity contribution in [1.82, 2.24) is 0 Å². The summed E-state index contributed by atoms with van der Waals surface area (Å²) >= 11 is 0.939. The number of aliphatic imine (C=N–C) groups is 2. The minimum absolute atomic E-state index is 0.181. The van der Waals surface area contributed by atoms with Gasteiger partial charge in [0.2, 0.25) is 5.91 Å². The molecule has 1 saturated carbocycles. The first-order valence-corrected chi connectivity index (χ1v) is 8.62. The lowest BCUT2D eigenvalue weighted by atomic mass is 10.1. The van der Waals surface area contributed by atoms with Crippen molar-refractivity contribution in [3.05, 3.63) is 29.8 Å². The highest BCUT2D eigenvalue weighted by Gasteiger charge is 2.34. The number of halogens is 3. The second-order valence-electron chi connectivity index (χ2n) is 5.66. The molecule has 1 heterocycles. The number of amides is 2. The van der Waals surface area contributed by atoms with E-state index in [0.29, 0.717) is 0 Å². The van der Waals surface area contributed by atoms with Crippen LogP contribution in [-0.4, -0.2) is 28.4 Å². The lowest BCUT2D eigenvalue weighted by Crippen LogP contribution is -2.24. The van der Waals surface area contributed by atoms with E-state index in [0.717, 1.165) is 42.8 Å². The summed E-state index contributed by atoms with van der Waals surface area (Å²) in [5, 5.41) is 2.44. The van der Waals surface area contributed by atoms with Crippen LogP contribution in [0.3, 0.4) is 0 Å². The molecule has 3 rings (SSSR count). The van der Waals surface area contributed by atoms with E-state index in [-0.39, 0.29) is 28.4 Å². The predicted octanol–water partition coefficient (Wildman–Crippen LogP) is 3.51. The van der Waals surface area contributed by atoms with Gasteiger partial charge in [0.15, 0.2) is 5.17 Å². The lowest BCUT2D eigenvalue weighted by Gasteiger charge is -2.14. The van der Waals surface area contributed by atoms with E-state index in [4.69, 9.17) is 0 Å². The minimum atomic E-state index is -4.56. The first-order valence-electron chi connectivity index (χ1n) is 7.63. The minimum Gasteiger partial charge on any atom is -0.325 e. The van der Waals surface area contributed by atoms with Gasteiger partial charge >= 0.3 is 6.18 Å². The zero-order valence-electron chi connectivity index (χ0n) is 13.0. The average Bonchev–Trinajstić information content (AvgIpc) is 3.01. The molecule has 0 aromatic heterocycles. The Morgan fingerprint density at radius 1 is 1.28 bits per heavy atom. The first kappa shape index (κ1) is 17.7. The van der Waals surface area contributed by atoms with Crippen molar-refractivity contribution in [2.24, 2.45) is 15.9 Å². The molecule has 1 aliphatic heterocycles. The smallest absolute Gasteiger partial charge is 0.325 e. The Kier molecular flexibility index (Phi) is 4.94. The van der Waals surface area contributed by atoms with Crippen LogP contribution >= 0.6 is 11.8 Å². The SMILES string of the molecule is O=C(CSC1=NC(=O)C2CCCC2=N1)Nc1ccccc1C(F)(F)F. The Labute approximate surface area is 145 Å². The number of carbonyl (C=O) groups is 2. The third kappa shape index (κ3) is 4.09. The number of nitrogens with zero attached hydrogens (tertiary/aromatic N) is 2. The molecule has 1 atom stereocenters. The number of hydrogen-bond acceptors (Lipinski definition) is 4. The number of hydrogen-bond donors (Lipinski definition) is 1. The molecule has 0 radical (unpaired) electrons. The van der Waals surface area contributed by atoms with Gasteiger partial charge in [0, 0.05) is 5.71 Å². The van der Waals surface area contributed by atoms with Crippen LogP contribution in [0.25, 0.3) is 0 Å². The molecule has 2 aliphatic rings. The van der Waals surface area contributed by atoms with E-state index in [1.165, 1.54) is 18.2 Å². The van der Waals surface area contributed by atoms with E-state index in [2.05, 4.69) is 15.3 Å². The summed E-state index contributed by atoms with van der Waals surface area (Å²) in [5.41, 5.74) is -0.428. The van der Waals surface area contributed by atoms with Crippen LogP contribution in [-0.2, 0) is 15.8 Å². The molecule has 2 amide bonds. The number of benzene rings is 1. The van der Waals surface area contributed by atoms with Crippen LogP contribution in [0.2, 0.25) is 0 Å². The predicted molar refractivity (Wildman–Crippen MR) is 89.7 cm³/mol. The highest BCUT2D eigenvalue weighted by Crippen LogP contribution is 2.34. The summed E-state index contributed by atoms with van der Waals surface area (Å²) in [5.74, 6) is -1.30. The number of fused-ring (bicyclic) bond motifs is 1. The van der Waals surface area contributed by atoms with Gasteiger partial charge in [-0.2, -0.15) is 18.2 Å². The quantitative estimate of drug-likeness (QED) is 0.886. The molecule has 1 fully saturated rings. The number of amidine groups is 1. The number of para-hydroxylation sites is 1. The fourth-order valence-electron chi connectivity index (χ4n) is 2.77. The van der Waals surface area contributed by atoms with Gasteiger partial charge in [-0.3, -0.25) is 9.59 Å². The third-order valence-corrected chi connectivity index (χ3v) is 4.76. The van der Waals surface area contributed by atoms with Gasteiger partial charge in [0.25, 0.3) is 5.91 Å². The molecular formula is C16H14F3N3O2S. The fourth-order valence-corrected chi connectivity index (χ4v) is 3.44. The number of anilines is 1. The van der Waals surface area contributed by atoms with Gasteiger partial charge in [-0.15, -0.1) is 0 Å². The molecule has 25 heavy (non-hydrogen) atoms. The number of carbonyl (C=O) groups excluding carboxylic acids is 2. The maximum Gasteiger partial charge on any atom is 0.418 e. The van der Waals surface area contributed by atoms with Gasteiger partial charge in [-0.05, 0) is 31.4 Å². The Hall–Kier alpha value is -2.16. The first-order chi connectivity index (χ1) is 11.8. The lowest BCUT2D eigenvalue weighted by molar-refractivity contribution is -0.137. The van der Waals surface area contributed by atoms with Crippen molar-refractivity contribution in [3.63, 3.8) is 0 Å². The number of thioether (sulfide) groups is 1. The molecule has 1 aromatic carbocycles. The summed E-state index contributed by atoms with van der Waals surface area (Å²) in [4.78, 5) is 32.0. The van der Waals surface area contributed by atoms with E-state index >= 15 is 0 Å². The summed E-state index contributed by atoms with van der Waals surface area (Å²) in [7, 11) is 0. The van der Waals surface area contributed by atoms with Crippen molar-refractivity contribution < 1.29 is 22.8 Å². The molecule has 1 N–H and O–H groups in total. The molecule has 1 aromatic rings. The van der Waals surface area contributed by atoms with E-state index < -0.39 is 17.6 Å². The highest BCUT2D eigenvalue weighted by molar-refractivity contribution is 8.14. The standard InChI is InChI=1S/C16H14F3N3O2S/c17-16(18,19)10-5-1-2-6-12(10)20-13(23)8-25-15-21-11-7-3-4-9(11)14(24)22-15/h1-2,5-6,9H,3-4,7-8H2,(H,20,23). The van der Waals surface area contributed by atoms with Crippen molar-refractivity contribution in [2.45, 2.75) is 25.4 Å². The third-order valence-electron chi connectivity index (χ3n) is 3.91. The van der Waals surface area contributed by atoms with Crippen LogP contribution in [0.5, 0.6) is 0 Å². The van der Waals surface area contributed by atoms with E-state index in [1.807, 2.05) is 0 Å². The van der Waals surface area contributed by atoms with Crippen molar-refractivity contribution >= 4 is 40.1 Å². The normalized spacial score (nSPS) is 20.0. The molecule has 0 spiro atoms. The molecule has 0 saturated heterocycles. The van der Waals surface area contributed by atoms with Crippen LogP contribution < -0.4 is 5.32 Å². The summed E-state index contributed by atoms with van der Waals surface area (Å²) in [6, 6.07) is 4.76. The number of alkyl halides is 3. The molecule has 1 aliphatic carbocycles. The number of rotatable bonds is 3. The van der Waals surface area contributed by atoms with Crippen molar-refractivity contribution in [1.29, 1.82) is 0 Å². The molecule has 9 heteroatoms. The van der Waals surface area contributed by atoms with E-state index in [9.17, 15) is 22.8 Å². The molecule has 0 bridgehead atoms. The van der Waals surface area contributed by atoms with Crippen LogP contribution in [0, 0.1) is 5.92 Å². The summed E-state index contributed by atoms with van der Waals surface area (Å²) in [6.45, 7) is 0. The maximum atomic E-state index is 12.9. The van der Waals surface area contributed by atoms with E-state index in [1.54, 1.807) is 0 Å². The Balaban J connectivity index is 1.62. The summed E-state index contributed by atoms with van der Waals surface area (Å²) < 4.78 is 38.7. The molecular weight excluding hydrogens is 355 g/mol. The molecule has 132 valence electrons. The monoisotopic (exact) mass is 369 g/mol. The Morgan fingerprint density at radius 3 is 2.80 bits per heavy atom. The average molecular weight is 369 g/mol. The largest absolute Gasteiger partial charge is 0.418 e.